The molecule has 82 heavy (non-hydrogen) atoms. The van der Waals surface area contributed by atoms with Crippen LogP contribution in [0, 0.1) is 0 Å². The van der Waals surface area contributed by atoms with E-state index < -0.39 is 0 Å². The standard InChI is InChI=1S/C78H50N4/c1-3-19-63(20-4-1)79-71-25-13-11-23-67(71)69-49-65(39-41-73(69)79)81-75(55-33-27-53(28-34-55)59-37-31-51-15-7-9-17-57(51)43-59)45-61-48-78-62(47-77(61)81)46-76(56-35-29-54(30-36-56)60-38-32-52-16-8-10-18-58(52)44-60)82(78)66-40-42-74-70(50-66)68-24-12-14-26-72(68)80(74)64-21-5-2-6-22-64/h1-50H. The molecule has 0 aliphatic carbocycles. The van der Waals surface area contributed by atoms with E-state index in [9.17, 15) is 0 Å². The highest BCUT2D eigenvalue weighted by Crippen LogP contribution is 2.43. The minimum atomic E-state index is 1.11. The van der Waals surface area contributed by atoms with E-state index in [1.54, 1.807) is 0 Å². The second-order valence-electron chi connectivity index (χ2n) is 21.8. The topological polar surface area (TPSA) is 19.7 Å². The van der Waals surface area contributed by atoms with E-state index in [2.05, 4.69) is 322 Å². The first-order chi connectivity index (χ1) is 40.6. The fourth-order valence-electron chi connectivity index (χ4n) is 13.2. The highest BCUT2D eigenvalue weighted by Gasteiger charge is 2.22. The Morgan fingerprint density at radius 2 is 0.512 bits per heavy atom. The van der Waals surface area contributed by atoms with Gasteiger partial charge in [0.25, 0.3) is 0 Å². The molecule has 0 unspecified atom stereocenters. The Balaban J connectivity index is 0.891. The highest BCUT2D eigenvalue weighted by atomic mass is 15.0. The third-order valence-electron chi connectivity index (χ3n) is 17.1. The van der Waals surface area contributed by atoms with E-state index in [0.29, 0.717) is 0 Å². The summed E-state index contributed by atoms with van der Waals surface area (Å²) in [6.45, 7) is 0. The number of nitrogens with zero attached hydrogens (tertiary/aromatic N) is 4. The van der Waals surface area contributed by atoms with Crippen molar-refractivity contribution in [2.24, 2.45) is 0 Å². The van der Waals surface area contributed by atoms with Gasteiger partial charge in [0.15, 0.2) is 0 Å². The highest BCUT2D eigenvalue weighted by molar-refractivity contribution is 6.12. The maximum absolute atomic E-state index is 2.49. The molecule has 13 aromatic carbocycles. The molecular formula is C78H50N4. The summed E-state index contributed by atoms with van der Waals surface area (Å²) in [7, 11) is 0. The molecule has 0 aliphatic heterocycles. The summed E-state index contributed by atoms with van der Waals surface area (Å²) in [5.41, 5.74) is 20.9. The van der Waals surface area contributed by atoms with Crippen LogP contribution in [0.2, 0.25) is 0 Å². The van der Waals surface area contributed by atoms with Gasteiger partial charge in [-0.05, 0) is 164 Å². The van der Waals surface area contributed by atoms with Crippen molar-refractivity contribution in [2.45, 2.75) is 0 Å². The van der Waals surface area contributed by atoms with Crippen LogP contribution in [0.1, 0.15) is 0 Å². The molecule has 4 heterocycles. The van der Waals surface area contributed by atoms with Gasteiger partial charge in [0.1, 0.15) is 0 Å². The zero-order valence-electron chi connectivity index (χ0n) is 44.7. The number of hydrogen-bond donors (Lipinski definition) is 0. The van der Waals surface area contributed by atoms with Gasteiger partial charge in [-0.15, -0.1) is 0 Å². The second kappa shape index (κ2) is 18.3. The zero-order valence-corrected chi connectivity index (χ0v) is 44.7. The largest absolute Gasteiger partial charge is 0.309 e. The molecular weight excluding hydrogens is 993 g/mol. The molecule has 0 bridgehead atoms. The first-order valence-electron chi connectivity index (χ1n) is 28.2. The quantitative estimate of drug-likeness (QED) is 0.145. The predicted octanol–water partition coefficient (Wildman–Crippen LogP) is 20.7. The SMILES string of the molecule is c1ccc(-n2c3ccccc3c3cc(-n4c(-c5ccc(-c6ccc7ccccc7c6)cc5)cc5cc6c(cc(-c7ccc(-c8ccc9ccccc9c8)cc7)n6-c6ccc7c(c6)c6ccccc6n7-c6ccccc6)cc54)ccc32)cc1. The summed E-state index contributed by atoms with van der Waals surface area (Å²) >= 11 is 0. The number of aromatic nitrogens is 4. The smallest absolute Gasteiger partial charge is 0.0542 e. The van der Waals surface area contributed by atoms with Gasteiger partial charge in [-0.3, -0.25) is 0 Å². The molecule has 0 aliphatic rings. The summed E-state index contributed by atoms with van der Waals surface area (Å²) in [4.78, 5) is 0. The monoisotopic (exact) mass is 1040 g/mol. The van der Waals surface area contributed by atoms with Crippen LogP contribution in [0.25, 0.3) is 154 Å². The molecule has 0 N–H and O–H groups in total. The molecule has 0 saturated carbocycles. The molecule has 17 rings (SSSR count). The van der Waals surface area contributed by atoms with Crippen molar-refractivity contribution in [3.05, 3.63) is 303 Å². The van der Waals surface area contributed by atoms with Crippen molar-refractivity contribution in [3.63, 3.8) is 0 Å². The first kappa shape index (κ1) is 46.0. The van der Waals surface area contributed by atoms with E-state index in [0.717, 1.165) is 67.1 Å². The van der Waals surface area contributed by atoms with Crippen molar-refractivity contribution in [1.29, 1.82) is 0 Å². The zero-order chi connectivity index (χ0) is 53.8. The molecule has 0 spiro atoms. The molecule has 0 atom stereocenters. The van der Waals surface area contributed by atoms with Gasteiger partial charge in [0.2, 0.25) is 0 Å². The average Bonchev–Trinajstić information content (AvgIpc) is 4.50. The number of hydrogen-bond acceptors (Lipinski definition) is 0. The normalized spacial score (nSPS) is 11.9. The maximum atomic E-state index is 2.49. The molecule has 17 aromatic rings. The average molecular weight is 1040 g/mol. The Labute approximate surface area is 473 Å². The minimum Gasteiger partial charge on any atom is -0.309 e. The summed E-state index contributed by atoms with van der Waals surface area (Å²) in [5, 5.41) is 12.2. The van der Waals surface area contributed by atoms with Gasteiger partial charge < -0.3 is 18.3 Å². The summed E-state index contributed by atoms with van der Waals surface area (Å²) in [6.07, 6.45) is 0. The third-order valence-corrected chi connectivity index (χ3v) is 17.1. The van der Waals surface area contributed by atoms with E-state index >= 15 is 0 Å². The van der Waals surface area contributed by atoms with Gasteiger partial charge in [-0.1, -0.05) is 194 Å². The maximum Gasteiger partial charge on any atom is 0.0542 e. The Morgan fingerprint density at radius 1 is 0.159 bits per heavy atom. The lowest BCUT2D eigenvalue weighted by Crippen LogP contribution is -1.98. The molecule has 382 valence electrons. The van der Waals surface area contributed by atoms with E-state index in [1.165, 1.54) is 87.4 Å². The predicted molar refractivity (Wildman–Crippen MR) is 346 cm³/mol. The Bertz CT molecular complexity index is 5030. The summed E-state index contributed by atoms with van der Waals surface area (Å²) < 4.78 is 9.78. The van der Waals surface area contributed by atoms with Crippen molar-refractivity contribution in [2.75, 3.05) is 0 Å². The lowest BCUT2D eigenvalue weighted by molar-refractivity contribution is 1.13. The lowest BCUT2D eigenvalue weighted by Gasteiger charge is -2.14. The Kier molecular flexibility index (Phi) is 10.3. The van der Waals surface area contributed by atoms with Gasteiger partial charge in [-0.25, -0.2) is 0 Å². The number of benzene rings is 13. The minimum absolute atomic E-state index is 1.11. The fraction of sp³-hybridized carbons (Fsp3) is 0. The molecule has 4 heteroatoms. The van der Waals surface area contributed by atoms with Crippen LogP contribution >= 0.6 is 0 Å². The van der Waals surface area contributed by atoms with Gasteiger partial charge in [0, 0.05) is 55.1 Å². The molecule has 0 amide bonds. The first-order valence-corrected chi connectivity index (χ1v) is 28.2. The van der Waals surface area contributed by atoms with Crippen LogP contribution in [-0.2, 0) is 0 Å². The van der Waals surface area contributed by atoms with Crippen LogP contribution in [-0.4, -0.2) is 18.3 Å². The van der Waals surface area contributed by atoms with Crippen molar-refractivity contribution in [3.8, 4) is 67.5 Å². The van der Waals surface area contributed by atoms with Crippen LogP contribution in [0.5, 0.6) is 0 Å². The Hall–Kier alpha value is -10.9. The van der Waals surface area contributed by atoms with Crippen LogP contribution in [0.3, 0.4) is 0 Å². The molecule has 0 radical (unpaired) electrons. The van der Waals surface area contributed by atoms with Gasteiger partial charge in [-0.2, -0.15) is 0 Å². The van der Waals surface area contributed by atoms with Crippen LogP contribution in [0.15, 0.2) is 303 Å². The van der Waals surface area contributed by atoms with E-state index in [1.807, 2.05) is 0 Å². The van der Waals surface area contributed by atoms with E-state index in [4.69, 9.17) is 0 Å². The number of fused-ring (bicyclic) bond motifs is 10. The van der Waals surface area contributed by atoms with Crippen molar-refractivity contribution in [1.82, 2.24) is 18.3 Å². The van der Waals surface area contributed by atoms with Gasteiger partial charge in [0.05, 0.1) is 44.5 Å². The molecule has 4 aromatic heterocycles. The molecule has 0 fully saturated rings. The van der Waals surface area contributed by atoms with Crippen LogP contribution in [0.4, 0.5) is 0 Å². The third kappa shape index (κ3) is 7.32. The summed E-state index contributed by atoms with van der Waals surface area (Å²) in [5.74, 6) is 0. The Morgan fingerprint density at radius 3 is 0.951 bits per heavy atom. The van der Waals surface area contributed by atoms with Crippen molar-refractivity contribution < 1.29 is 0 Å². The lowest BCUT2D eigenvalue weighted by atomic mass is 9.99. The van der Waals surface area contributed by atoms with Crippen molar-refractivity contribution >= 4 is 87.0 Å². The molecule has 0 saturated heterocycles. The number of para-hydroxylation sites is 4. The number of rotatable bonds is 8. The van der Waals surface area contributed by atoms with Crippen LogP contribution < -0.4 is 0 Å². The fourth-order valence-corrected chi connectivity index (χ4v) is 13.2. The summed E-state index contributed by atoms with van der Waals surface area (Å²) in [6, 6.07) is 112. The molecule has 4 nitrogen and oxygen atoms in total. The second-order valence-corrected chi connectivity index (χ2v) is 21.8. The van der Waals surface area contributed by atoms with E-state index in [-0.39, 0.29) is 0 Å². The van der Waals surface area contributed by atoms with Gasteiger partial charge >= 0.3 is 0 Å².